The molecule has 0 aliphatic heterocycles. The minimum absolute atomic E-state index is 0.156. The third-order valence-corrected chi connectivity index (χ3v) is 3.44. The van der Waals surface area contributed by atoms with Gasteiger partial charge in [-0.3, -0.25) is 4.90 Å². The molecule has 19 heavy (non-hydrogen) atoms. The second-order valence-electron chi connectivity index (χ2n) is 6.48. The lowest BCUT2D eigenvalue weighted by atomic mass is 10.0. The van der Waals surface area contributed by atoms with Crippen molar-refractivity contribution in [2.75, 3.05) is 13.1 Å². The van der Waals surface area contributed by atoms with Crippen LogP contribution in [0.1, 0.15) is 53.1 Å². The number of nitrogens with one attached hydrogen (secondary N) is 1. The van der Waals surface area contributed by atoms with Gasteiger partial charge in [-0.25, -0.2) is 0 Å². The van der Waals surface area contributed by atoms with Crippen LogP contribution in [-0.4, -0.2) is 29.6 Å². The van der Waals surface area contributed by atoms with Crippen molar-refractivity contribution < 1.29 is 0 Å². The number of hydrogen-bond acceptors (Lipinski definition) is 2. The molecule has 1 aromatic rings. The second-order valence-corrected chi connectivity index (χ2v) is 6.48. The molecule has 108 valence electrons. The summed E-state index contributed by atoms with van der Waals surface area (Å²) >= 11 is 0. The molecule has 0 amide bonds. The smallest absolute Gasteiger partial charge is 0.0475 e. The van der Waals surface area contributed by atoms with Crippen LogP contribution >= 0.6 is 0 Å². The Labute approximate surface area is 119 Å². The van der Waals surface area contributed by atoms with Crippen molar-refractivity contribution >= 4 is 0 Å². The van der Waals surface area contributed by atoms with Gasteiger partial charge in [0.1, 0.15) is 0 Å². The van der Waals surface area contributed by atoms with E-state index in [0.29, 0.717) is 12.1 Å². The van der Waals surface area contributed by atoms with Gasteiger partial charge in [-0.15, -0.1) is 0 Å². The summed E-state index contributed by atoms with van der Waals surface area (Å²) in [6, 6.07) is 11.8. The van der Waals surface area contributed by atoms with Gasteiger partial charge >= 0.3 is 0 Å². The average Bonchev–Trinajstić information content (AvgIpc) is 2.33. The summed E-state index contributed by atoms with van der Waals surface area (Å²) in [5.74, 6) is 0. The molecule has 0 radical (unpaired) electrons. The average molecular weight is 262 g/mol. The first-order chi connectivity index (χ1) is 8.85. The van der Waals surface area contributed by atoms with Crippen molar-refractivity contribution in [1.29, 1.82) is 0 Å². The van der Waals surface area contributed by atoms with E-state index in [-0.39, 0.29) is 5.54 Å². The number of likely N-dealkylation sites (N-methyl/N-ethyl adjacent to an activating group) is 1. The molecule has 1 rings (SSSR count). The molecule has 2 heteroatoms. The normalized spacial score (nSPS) is 14.1. The molecule has 2 nitrogen and oxygen atoms in total. The molecule has 0 saturated heterocycles. The molecular formula is C17H30N2. The fourth-order valence-corrected chi connectivity index (χ4v) is 2.45. The van der Waals surface area contributed by atoms with Crippen LogP contribution in [0.4, 0.5) is 0 Å². The zero-order valence-corrected chi connectivity index (χ0v) is 13.4. The molecule has 0 saturated carbocycles. The van der Waals surface area contributed by atoms with Crippen LogP contribution in [0.25, 0.3) is 0 Å². The summed E-state index contributed by atoms with van der Waals surface area (Å²) in [5, 5.41) is 3.65. The summed E-state index contributed by atoms with van der Waals surface area (Å²) in [4.78, 5) is 2.55. The van der Waals surface area contributed by atoms with Crippen molar-refractivity contribution in [3.8, 4) is 0 Å². The second kappa shape index (κ2) is 7.06. The van der Waals surface area contributed by atoms with E-state index in [4.69, 9.17) is 0 Å². The van der Waals surface area contributed by atoms with Crippen LogP contribution in [0.3, 0.4) is 0 Å². The van der Waals surface area contributed by atoms with E-state index < -0.39 is 0 Å². The standard InChI is InChI=1S/C17H30N2/c1-7-19(14(2)3)16(13-18-17(4,5)6)15-11-9-8-10-12-15/h8-12,14,16,18H,7,13H2,1-6H3. The number of nitrogens with zero attached hydrogens (tertiary/aromatic N) is 1. The van der Waals surface area contributed by atoms with Gasteiger partial charge < -0.3 is 5.32 Å². The van der Waals surface area contributed by atoms with E-state index in [0.717, 1.165) is 13.1 Å². The van der Waals surface area contributed by atoms with E-state index in [1.54, 1.807) is 0 Å². The van der Waals surface area contributed by atoms with Crippen LogP contribution in [0.2, 0.25) is 0 Å². The van der Waals surface area contributed by atoms with Crippen molar-refractivity contribution in [1.82, 2.24) is 10.2 Å². The fraction of sp³-hybridized carbons (Fsp3) is 0.647. The van der Waals surface area contributed by atoms with Crippen LogP contribution in [-0.2, 0) is 0 Å². The van der Waals surface area contributed by atoms with Crippen molar-refractivity contribution in [3.05, 3.63) is 35.9 Å². The quantitative estimate of drug-likeness (QED) is 0.838. The predicted molar refractivity (Wildman–Crippen MR) is 84.5 cm³/mol. The van der Waals surface area contributed by atoms with Gasteiger partial charge in [0.15, 0.2) is 0 Å². The van der Waals surface area contributed by atoms with Crippen molar-refractivity contribution in [3.63, 3.8) is 0 Å². The van der Waals surface area contributed by atoms with Gasteiger partial charge in [0, 0.05) is 24.2 Å². The maximum Gasteiger partial charge on any atom is 0.0475 e. The highest BCUT2D eigenvalue weighted by atomic mass is 15.2. The lowest BCUT2D eigenvalue weighted by Crippen LogP contribution is -2.45. The van der Waals surface area contributed by atoms with Crippen LogP contribution in [0.5, 0.6) is 0 Å². The number of hydrogen-bond donors (Lipinski definition) is 1. The Morgan fingerprint density at radius 1 is 1.11 bits per heavy atom. The van der Waals surface area contributed by atoms with Gasteiger partial charge in [-0.1, -0.05) is 37.3 Å². The third-order valence-electron chi connectivity index (χ3n) is 3.44. The first kappa shape index (κ1) is 16.2. The molecule has 1 aromatic carbocycles. The molecule has 0 aromatic heterocycles. The van der Waals surface area contributed by atoms with Crippen LogP contribution < -0.4 is 5.32 Å². The SMILES string of the molecule is CCN(C(C)C)C(CNC(C)(C)C)c1ccccc1. The Kier molecular flexibility index (Phi) is 6.02. The largest absolute Gasteiger partial charge is 0.310 e. The van der Waals surface area contributed by atoms with E-state index in [1.165, 1.54) is 5.56 Å². The summed E-state index contributed by atoms with van der Waals surface area (Å²) in [5.41, 5.74) is 1.55. The Morgan fingerprint density at radius 2 is 1.68 bits per heavy atom. The van der Waals surface area contributed by atoms with Crippen LogP contribution in [0, 0.1) is 0 Å². The van der Waals surface area contributed by atoms with E-state index in [9.17, 15) is 0 Å². The summed E-state index contributed by atoms with van der Waals surface area (Å²) in [6.45, 7) is 15.5. The predicted octanol–water partition coefficient (Wildman–Crippen LogP) is 3.85. The summed E-state index contributed by atoms with van der Waals surface area (Å²) < 4.78 is 0. The summed E-state index contributed by atoms with van der Waals surface area (Å²) in [7, 11) is 0. The Morgan fingerprint density at radius 3 is 2.11 bits per heavy atom. The lowest BCUT2D eigenvalue weighted by Gasteiger charge is -2.36. The van der Waals surface area contributed by atoms with E-state index >= 15 is 0 Å². The fourth-order valence-electron chi connectivity index (χ4n) is 2.45. The highest BCUT2D eigenvalue weighted by Gasteiger charge is 2.23. The zero-order chi connectivity index (χ0) is 14.5. The minimum atomic E-state index is 0.156. The highest BCUT2D eigenvalue weighted by Crippen LogP contribution is 2.22. The van der Waals surface area contributed by atoms with Gasteiger partial charge in [-0.05, 0) is 46.7 Å². The first-order valence-electron chi connectivity index (χ1n) is 7.41. The molecule has 0 bridgehead atoms. The highest BCUT2D eigenvalue weighted by molar-refractivity contribution is 5.19. The van der Waals surface area contributed by atoms with E-state index in [1.807, 2.05) is 0 Å². The Bertz CT molecular complexity index is 351. The van der Waals surface area contributed by atoms with Crippen molar-refractivity contribution in [2.45, 2.75) is 59.2 Å². The monoisotopic (exact) mass is 262 g/mol. The molecule has 1 N–H and O–H groups in total. The maximum atomic E-state index is 3.65. The first-order valence-corrected chi connectivity index (χ1v) is 7.41. The van der Waals surface area contributed by atoms with Crippen molar-refractivity contribution in [2.24, 2.45) is 0 Å². The molecule has 0 spiro atoms. The van der Waals surface area contributed by atoms with Gasteiger partial charge in [-0.2, -0.15) is 0 Å². The molecule has 0 aliphatic rings. The summed E-state index contributed by atoms with van der Waals surface area (Å²) in [6.07, 6.45) is 0. The Hall–Kier alpha value is -0.860. The minimum Gasteiger partial charge on any atom is -0.310 e. The molecule has 1 unspecified atom stereocenters. The Balaban J connectivity index is 2.91. The molecule has 0 fully saturated rings. The molecule has 1 atom stereocenters. The molecule has 0 heterocycles. The maximum absolute atomic E-state index is 3.65. The van der Waals surface area contributed by atoms with E-state index in [2.05, 4.69) is 82.1 Å². The molecular weight excluding hydrogens is 232 g/mol. The topological polar surface area (TPSA) is 15.3 Å². The van der Waals surface area contributed by atoms with Gasteiger partial charge in [0.25, 0.3) is 0 Å². The number of benzene rings is 1. The third kappa shape index (κ3) is 5.33. The lowest BCUT2D eigenvalue weighted by molar-refractivity contribution is 0.151. The molecule has 0 aliphatic carbocycles. The van der Waals surface area contributed by atoms with Gasteiger partial charge in [0.05, 0.1) is 0 Å². The zero-order valence-electron chi connectivity index (χ0n) is 13.4. The number of rotatable bonds is 6. The van der Waals surface area contributed by atoms with Gasteiger partial charge in [0.2, 0.25) is 0 Å². The van der Waals surface area contributed by atoms with Crippen LogP contribution in [0.15, 0.2) is 30.3 Å².